The predicted molar refractivity (Wildman–Crippen MR) is 66.2 cm³/mol. The molecule has 0 fully saturated rings. The Kier molecular flexibility index (Phi) is 3.37. The van der Waals surface area contributed by atoms with Crippen molar-refractivity contribution in [2.75, 3.05) is 0 Å². The molecule has 0 aliphatic rings. The van der Waals surface area contributed by atoms with Crippen LogP contribution in [0.1, 0.15) is 15.9 Å². The first-order valence-electron chi connectivity index (χ1n) is 5.52. The summed E-state index contributed by atoms with van der Waals surface area (Å²) in [4.78, 5) is 23.5. The number of ketones is 1. The van der Waals surface area contributed by atoms with Crippen molar-refractivity contribution in [3.63, 3.8) is 0 Å². The van der Waals surface area contributed by atoms with E-state index < -0.39 is 5.82 Å². The molecule has 2 aromatic rings. The molecular weight excluding hydrogens is 233 g/mol. The Morgan fingerprint density at radius 1 is 1.28 bits per heavy atom. The fraction of sp³-hybridized carbons (Fsp3) is 0.143. The fourth-order valence-corrected chi connectivity index (χ4v) is 1.65. The number of pyridine rings is 1. The van der Waals surface area contributed by atoms with Gasteiger partial charge in [-0.1, -0.05) is 12.1 Å². The number of benzene rings is 1. The zero-order valence-electron chi connectivity index (χ0n) is 9.89. The molecule has 1 heterocycles. The van der Waals surface area contributed by atoms with Crippen LogP contribution in [0, 0.1) is 12.7 Å². The molecule has 0 saturated heterocycles. The standard InChI is InChI=1S/C14H12FNO2/c1-10-5-6-16(14(18)7-10)9-13(17)11-3-2-4-12(15)8-11/h2-8H,9H2,1H3. The van der Waals surface area contributed by atoms with Crippen molar-refractivity contribution in [2.45, 2.75) is 13.5 Å². The van der Waals surface area contributed by atoms with E-state index >= 15 is 0 Å². The molecule has 3 nitrogen and oxygen atoms in total. The molecule has 0 radical (unpaired) electrons. The van der Waals surface area contributed by atoms with Gasteiger partial charge in [-0.15, -0.1) is 0 Å². The number of hydrogen-bond acceptors (Lipinski definition) is 2. The van der Waals surface area contributed by atoms with E-state index in [0.717, 1.165) is 5.56 Å². The Hall–Kier alpha value is -2.23. The number of rotatable bonds is 3. The Morgan fingerprint density at radius 3 is 2.72 bits per heavy atom. The minimum Gasteiger partial charge on any atom is -0.308 e. The van der Waals surface area contributed by atoms with Crippen LogP contribution in [0.25, 0.3) is 0 Å². The number of carbonyl (C=O) groups excluding carboxylic acids is 1. The third-order valence-electron chi connectivity index (χ3n) is 2.61. The van der Waals surface area contributed by atoms with Gasteiger partial charge in [-0.2, -0.15) is 0 Å². The summed E-state index contributed by atoms with van der Waals surface area (Å²) in [7, 11) is 0. The number of carbonyl (C=O) groups is 1. The summed E-state index contributed by atoms with van der Waals surface area (Å²) in [5, 5.41) is 0. The Balaban J connectivity index is 2.24. The average Bonchev–Trinajstić information content (AvgIpc) is 2.32. The molecule has 18 heavy (non-hydrogen) atoms. The monoisotopic (exact) mass is 245 g/mol. The minimum absolute atomic E-state index is 0.0808. The molecule has 2 rings (SSSR count). The molecule has 92 valence electrons. The number of halogens is 1. The lowest BCUT2D eigenvalue weighted by molar-refractivity contribution is 0.0970. The lowest BCUT2D eigenvalue weighted by Crippen LogP contribution is -2.23. The molecule has 0 unspecified atom stereocenters. The van der Waals surface area contributed by atoms with Gasteiger partial charge in [0.1, 0.15) is 5.82 Å². The fourth-order valence-electron chi connectivity index (χ4n) is 1.65. The van der Waals surface area contributed by atoms with E-state index in [1.165, 1.54) is 34.9 Å². The molecule has 0 aliphatic heterocycles. The van der Waals surface area contributed by atoms with Gasteiger partial charge in [-0.25, -0.2) is 4.39 Å². The highest BCUT2D eigenvalue weighted by Crippen LogP contribution is 2.05. The van der Waals surface area contributed by atoms with Crippen LogP contribution in [0.15, 0.2) is 47.4 Å². The molecule has 1 aromatic heterocycles. The van der Waals surface area contributed by atoms with Crippen LogP contribution >= 0.6 is 0 Å². The van der Waals surface area contributed by atoms with Crippen LogP contribution in [-0.2, 0) is 6.54 Å². The molecule has 0 N–H and O–H groups in total. The summed E-state index contributed by atoms with van der Waals surface area (Å²) in [5.74, 6) is -0.752. The van der Waals surface area contributed by atoms with E-state index in [2.05, 4.69) is 0 Å². The van der Waals surface area contributed by atoms with E-state index in [1.54, 1.807) is 19.2 Å². The Morgan fingerprint density at radius 2 is 2.06 bits per heavy atom. The first kappa shape index (κ1) is 12.2. The van der Waals surface area contributed by atoms with Crippen LogP contribution in [0.2, 0.25) is 0 Å². The molecule has 1 aromatic carbocycles. The van der Waals surface area contributed by atoms with Crippen LogP contribution in [0.3, 0.4) is 0 Å². The molecule has 0 bridgehead atoms. The van der Waals surface area contributed by atoms with Crippen molar-refractivity contribution in [1.82, 2.24) is 4.57 Å². The van der Waals surface area contributed by atoms with Crippen LogP contribution < -0.4 is 5.56 Å². The van der Waals surface area contributed by atoms with Gasteiger partial charge < -0.3 is 4.57 Å². The molecule has 0 aliphatic carbocycles. The van der Waals surface area contributed by atoms with Gasteiger partial charge in [0.15, 0.2) is 5.78 Å². The summed E-state index contributed by atoms with van der Waals surface area (Å²) in [5.41, 5.74) is 0.872. The number of hydrogen-bond donors (Lipinski definition) is 0. The number of nitrogens with zero attached hydrogens (tertiary/aromatic N) is 1. The molecule has 0 amide bonds. The Bertz CT molecular complexity index is 646. The zero-order valence-corrected chi connectivity index (χ0v) is 9.89. The van der Waals surface area contributed by atoms with Gasteiger partial charge in [0.2, 0.25) is 0 Å². The predicted octanol–water partition coefficient (Wildman–Crippen LogP) is 2.18. The second kappa shape index (κ2) is 4.96. The van der Waals surface area contributed by atoms with Crippen LogP contribution in [0.5, 0.6) is 0 Å². The maximum Gasteiger partial charge on any atom is 0.251 e. The highest BCUT2D eigenvalue weighted by atomic mass is 19.1. The zero-order chi connectivity index (χ0) is 13.1. The van der Waals surface area contributed by atoms with Crippen molar-refractivity contribution in [1.29, 1.82) is 0 Å². The summed E-state index contributed by atoms with van der Waals surface area (Å²) in [6, 6.07) is 8.65. The lowest BCUT2D eigenvalue weighted by Gasteiger charge is -2.05. The summed E-state index contributed by atoms with van der Waals surface area (Å²) >= 11 is 0. The van der Waals surface area contributed by atoms with E-state index in [4.69, 9.17) is 0 Å². The maximum absolute atomic E-state index is 13.0. The summed E-state index contributed by atoms with van der Waals surface area (Å²) < 4.78 is 14.3. The molecule has 4 heteroatoms. The minimum atomic E-state index is -0.461. The van der Waals surface area contributed by atoms with Gasteiger partial charge in [0.25, 0.3) is 5.56 Å². The molecular formula is C14H12FNO2. The second-order valence-corrected chi connectivity index (χ2v) is 4.10. The van der Waals surface area contributed by atoms with Crippen molar-refractivity contribution in [3.05, 3.63) is 69.9 Å². The van der Waals surface area contributed by atoms with Gasteiger partial charge in [-0.05, 0) is 30.7 Å². The van der Waals surface area contributed by atoms with Crippen molar-refractivity contribution in [2.24, 2.45) is 0 Å². The highest BCUT2D eigenvalue weighted by Gasteiger charge is 2.08. The Labute approximate surface area is 104 Å². The second-order valence-electron chi connectivity index (χ2n) is 4.10. The summed E-state index contributed by atoms with van der Waals surface area (Å²) in [6.45, 7) is 1.72. The maximum atomic E-state index is 13.0. The SMILES string of the molecule is Cc1ccn(CC(=O)c2cccc(F)c2)c(=O)c1. The number of aryl methyl sites for hydroxylation is 1. The normalized spacial score (nSPS) is 10.3. The van der Waals surface area contributed by atoms with E-state index in [-0.39, 0.29) is 23.5 Å². The first-order chi connectivity index (χ1) is 8.56. The number of Topliss-reactive ketones (excluding diaryl/α,β-unsaturated/α-hetero) is 1. The smallest absolute Gasteiger partial charge is 0.251 e. The van der Waals surface area contributed by atoms with Crippen molar-refractivity contribution in [3.8, 4) is 0 Å². The van der Waals surface area contributed by atoms with Crippen molar-refractivity contribution >= 4 is 5.78 Å². The lowest BCUT2D eigenvalue weighted by atomic mass is 10.1. The summed E-state index contributed by atoms with van der Waals surface area (Å²) in [6.07, 6.45) is 1.56. The average molecular weight is 245 g/mol. The van der Waals surface area contributed by atoms with Gasteiger partial charge in [0, 0.05) is 17.8 Å². The third kappa shape index (κ3) is 2.71. The topological polar surface area (TPSA) is 39.1 Å². The quantitative estimate of drug-likeness (QED) is 0.777. The van der Waals surface area contributed by atoms with Crippen LogP contribution in [0.4, 0.5) is 4.39 Å². The van der Waals surface area contributed by atoms with Gasteiger partial charge >= 0.3 is 0 Å². The first-order valence-corrected chi connectivity index (χ1v) is 5.52. The largest absolute Gasteiger partial charge is 0.308 e. The van der Waals surface area contributed by atoms with Crippen LogP contribution in [-0.4, -0.2) is 10.4 Å². The van der Waals surface area contributed by atoms with E-state index in [0.29, 0.717) is 0 Å². The van der Waals surface area contributed by atoms with Crippen molar-refractivity contribution < 1.29 is 9.18 Å². The molecule has 0 saturated carbocycles. The van der Waals surface area contributed by atoms with E-state index in [1.807, 2.05) is 0 Å². The molecule has 0 atom stereocenters. The molecule has 0 spiro atoms. The number of aromatic nitrogens is 1. The third-order valence-corrected chi connectivity index (χ3v) is 2.61. The van der Waals surface area contributed by atoms with Gasteiger partial charge in [-0.3, -0.25) is 9.59 Å². The van der Waals surface area contributed by atoms with E-state index in [9.17, 15) is 14.0 Å². The highest BCUT2D eigenvalue weighted by molar-refractivity contribution is 5.95. The van der Waals surface area contributed by atoms with Gasteiger partial charge in [0.05, 0.1) is 6.54 Å².